The Labute approximate surface area is 104 Å². The standard InChI is InChI=1S/C15H22N2/c1-11-15-8-4-5-12(15)9-14(17-11)10-16-13-6-2-3-7-13/h9,13,16H,2-8,10H2,1H3. The van der Waals surface area contributed by atoms with Crippen molar-refractivity contribution in [2.24, 2.45) is 0 Å². The molecule has 1 fully saturated rings. The second-order valence-corrected chi connectivity index (χ2v) is 5.55. The summed E-state index contributed by atoms with van der Waals surface area (Å²) in [6.07, 6.45) is 9.31. The van der Waals surface area contributed by atoms with E-state index in [1.54, 1.807) is 5.56 Å². The van der Waals surface area contributed by atoms with Gasteiger partial charge in [0.1, 0.15) is 0 Å². The smallest absolute Gasteiger partial charge is 0.0547 e. The van der Waals surface area contributed by atoms with Gasteiger partial charge in [0.25, 0.3) is 0 Å². The maximum Gasteiger partial charge on any atom is 0.0547 e. The average Bonchev–Trinajstić information content (AvgIpc) is 2.97. The van der Waals surface area contributed by atoms with Crippen molar-refractivity contribution in [3.05, 3.63) is 28.6 Å². The van der Waals surface area contributed by atoms with Crippen LogP contribution in [0.4, 0.5) is 0 Å². The third-order valence-electron chi connectivity index (χ3n) is 4.28. The molecular formula is C15H22N2. The van der Waals surface area contributed by atoms with Gasteiger partial charge in [0.2, 0.25) is 0 Å². The lowest BCUT2D eigenvalue weighted by molar-refractivity contribution is 0.519. The van der Waals surface area contributed by atoms with Crippen LogP contribution < -0.4 is 5.32 Å². The average molecular weight is 230 g/mol. The zero-order valence-corrected chi connectivity index (χ0v) is 10.8. The van der Waals surface area contributed by atoms with E-state index < -0.39 is 0 Å². The maximum absolute atomic E-state index is 4.74. The first-order valence-electron chi connectivity index (χ1n) is 7.04. The zero-order valence-electron chi connectivity index (χ0n) is 10.8. The van der Waals surface area contributed by atoms with Crippen LogP contribution >= 0.6 is 0 Å². The van der Waals surface area contributed by atoms with Crippen LogP contribution in [0.3, 0.4) is 0 Å². The Balaban J connectivity index is 1.68. The van der Waals surface area contributed by atoms with Crippen molar-refractivity contribution in [3.8, 4) is 0 Å². The lowest BCUT2D eigenvalue weighted by atomic mass is 10.1. The topological polar surface area (TPSA) is 24.9 Å². The van der Waals surface area contributed by atoms with Gasteiger partial charge < -0.3 is 5.32 Å². The van der Waals surface area contributed by atoms with Gasteiger partial charge in [-0.15, -0.1) is 0 Å². The number of aromatic nitrogens is 1. The van der Waals surface area contributed by atoms with Crippen molar-refractivity contribution in [2.45, 2.75) is 64.5 Å². The molecule has 17 heavy (non-hydrogen) atoms. The summed E-state index contributed by atoms with van der Waals surface area (Å²) in [6.45, 7) is 3.13. The van der Waals surface area contributed by atoms with E-state index in [-0.39, 0.29) is 0 Å². The van der Waals surface area contributed by atoms with Crippen LogP contribution in [0.1, 0.15) is 54.6 Å². The Kier molecular flexibility index (Phi) is 3.15. The Morgan fingerprint density at radius 1 is 1.24 bits per heavy atom. The number of rotatable bonds is 3. The van der Waals surface area contributed by atoms with Gasteiger partial charge in [-0.25, -0.2) is 0 Å². The fraction of sp³-hybridized carbons (Fsp3) is 0.667. The number of hydrogen-bond acceptors (Lipinski definition) is 2. The molecule has 0 aromatic carbocycles. The van der Waals surface area contributed by atoms with Crippen molar-refractivity contribution in [1.29, 1.82) is 0 Å². The molecule has 2 aliphatic rings. The molecule has 0 saturated heterocycles. The number of nitrogens with zero attached hydrogens (tertiary/aromatic N) is 1. The Bertz CT molecular complexity index is 406. The Hall–Kier alpha value is -0.890. The molecule has 1 aromatic heterocycles. The summed E-state index contributed by atoms with van der Waals surface area (Å²) >= 11 is 0. The van der Waals surface area contributed by atoms with E-state index in [0.717, 1.165) is 12.6 Å². The van der Waals surface area contributed by atoms with E-state index in [4.69, 9.17) is 4.98 Å². The Morgan fingerprint density at radius 3 is 2.88 bits per heavy atom. The van der Waals surface area contributed by atoms with Crippen LogP contribution in [-0.2, 0) is 19.4 Å². The van der Waals surface area contributed by atoms with Gasteiger partial charge in [-0.2, -0.15) is 0 Å². The van der Waals surface area contributed by atoms with Crippen molar-refractivity contribution in [2.75, 3.05) is 0 Å². The van der Waals surface area contributed by atoms with Crippen molar-refractivity contribution < 1.29 is 0 Å². The van der Waals surface area contributed by atoms with Crippen LogP contribution in [0.25, 0.3) is 0 Å². The predicted molar refractivity (Wildman–Crippen MR) is 70.1 cm³/mol. The van der Waals surface area contributed by atoms with Gasteiger partial charge in [0, 0.05) is 18.3 Å². The molecule has 92 valence electrons. The van der Waals surface area contributed by atoms with E-state index in [1.807, 2.05) is 0 Å². The zero-order chi connectivity index (χ0) is 11.7. The highest BCUT2D eigenvalue weighted by atomic mass is 14.9. The second kappa shape index (κ2) is 4.77. The Morgan fingerprint density at radius 2 is 2.06 bits per heavy atom. The molecule has 0 radical (unpaired) electrons. The highest BCUT2D eigenvalue weighted by molar-refractivity contribution is 5.35. The second-order valence-electron chi connectivity index (χ2n) is 5.55. The molecule has 0 atom stereocenters. The van der Waals surface area contributed by atoms with Gasteiger partial charge in [-0.1, -0.05) is 12.8 Å². The third-order valence-corrected chi connectivity index (χ3v) is 4.28. The monoisotopic (exact) mass is 230 g/mol. The minimum atomic E-state index is 0.741. The van der Waals surface area contributed by atoms with Crippen LogP contribution in [0.5, 0.6) is 0 Å². The molecule has 3 rings (SSSR count). The molecule has 0 spiro atoms. The van der Waals surface area contributed by atoms with E-state index in [2.05, 4.69) is 18.3 Å². The minimum absolute atomic E-state index is 0.741. The van der Waals surface area contributed by atoms with Gasteiger partial charge in [-0.05, 0) is 56.2 Å². The van der Waals surface area contributed by atoms with Crippen LogP contribution in [-0.4, -0.2) is 11.0 Å². The molecule has 0 unspecified atom stereocenters. The van der Waals surface area contributed by atoms with E-state index in [9.17, 15) is 0 Å². The molecule has 1 heterocycles. The highest BCUT2D eigenvalue weighted by Crippen LogP contribution is 2.25. The number of fused-ring (bicyclic) bond motifs is 1. The lowest BCUT2D eigenvalue weighted by Crippen LogP contribution is -2.26. The lowest BCUT2D eigenvalue weighted by Gasteiger charge is -2.13. The molecule has 2 aliphatic carbocycles. The van der Waals surface area contributed by atoms with Gasteiger partial charge in [-0.3, -0.25) is 4.98 Å². The van der Waals surface area contributed by atoms with Gasteiger partial charge in [0.15, 0.2) is 0 Å². The molecule has 0 amide bonds. The van der Waals surface area contributed by atoms with Crippen LogP contribution in [0, 0.1) is 6.92 Å². The summed E-state index contributed by atoms with van der Waals surface area (Å²) in [5, 5.41) is 3.65. The first kappa shape index (κ1) is 11.2. The van der Waals surface area contributed by atoms with Crippen molar-refractivity contribution in [3.63, 3.8) is 0 Å². The minimum Gasteiger partial charge on any atom is -0.308 e. The molecule has 1 aromatic rings. The number of aryl methyl sites for hydroxylation is 2. The summed E-state index contributed by atoms with van der Waals surface area (Å²) in [5.74, 6) is 0. The van der Waals surface area contributed by atoms with Crippen LogP contribution in [0.15, 0.2) is 6.07 Å². The summed E-state index contributed by atoms with van der Waals surface area (Å²) in [4.78, 5) is 4.74. The quantitative estimate of drug-likeness (QED) is 0.863. The summed E-state index contributed by atoms with van der Waals surface area (Å²) in [6, 6.07) is 3.07. The fourth-order valence-electron chi connectivity index (χ4n) is 3.33. The summed E-state index contributed by atoms with van der Waals surface area (Å²) < 4.78 is 0. The number of nitrogens with one attached hydrogen (secondary N) is 1. The van der Waals surface area contributed by atoms with E-state index >= 15 is 0 Å². The molecular weight excluding hydrogens is 208 g/mol. The largest absolute Gasteiger partial charge is 0.308 e. The number of pyridine rings is 1. The van der Waals surface area contributed by atoms with Gasteiger partial charge in [0.05, 0.1) is 5.69 Å². The summed E-state index contributed by atoms with van der Waals surface area (Å²) in [5.41, 5.74) is 5.59. The number of hydrogen-bond donors (Lipinski definition) is 1. The fourth-order valence-corrected chi connectivity index (χ4v) is 3.33. The maximum atomic E-state index is 4.74. The molecule has 1 N–H and O–H groups in total. The molecule has 0 aliphatic heterocycles. The molecule has 1 saturated carbocycles. The van der Waals surface area contributed by atoms with Crippen molar-refractivity contribution >= 4 is 0 Å². The normalized spacial score (nSPS) is 19.8. The highest BCUT2D eigenvalue weighted by Gasteiger charge is 2.17. The SMILES string of the molecule is Cc1nc(CNC2CCCC2)cc2c1CCC2. The first-order chi connectivity index (χ1) is 8.33. The third kappa shape index (κ3) is 2.37. The first-order valence-corrected chi connectivity index (χ1v) is 7.04. The van der Waals surface area contributed by atoms with E-state index in [1.165, 1.54) is 61.9 Å². The van der Waals surface area contributed by atoms with Gasteiger partial charge >= 0.3 is 0 Å². The molecule has 0 bridgehead atoms. The van der Waals surface area contributed by atoms with Crippen molar-refractivity contribution in [1.82, 2.24) is 10.3 Å². The summed E-state index contributed by atoms with van der Waals surface area (Å²) in [7, 11) is 0. The van der Waals surface area contributed by atoms with E-state index in [0.29, 0.717) is 0 Å². The molecule has 2 nitrogen and oxygen atoms in total. The molecule has 2 heteroatoms. The predicted octanol–water partition coefficient (Wildman–Crippen LogP) is 2.91. The van der Waals surface area contributed by atoms with Crippen LogP contribution in [0.2, 0.25) is 0 Å².